The number of fused-ring (bicyclic) bond motifs is 5. The molecule has 2 fully saturated rings. The molecule has 0 aromatic heterocycles. The molecule has 5 rings (SSSR count). The van der Waals surface area contributed by atoms with Crippen LogP contribution in [-0.2, 0) is 10.3 Å². The van der Waals surface area contributed by atoms with E-state index in [1.165, 1.54) is 12.0 Å². The molecule has 0 saturated heterocycles. The van der Waals surface area contributed by atoms with Crippen LogP contribution in [0.25, 0.3) is 0 Å². The maximum Gasteiger partial charge on any atom is 0.224 e. The molecular formula is C31H40N2O2. The Morgan fingerprint density at radius 2 is 1.86 bits per heavy atom. The summed E-state index contributed by atoms with van der Waals surface area (Å²) in [7, 11) is 1.67. The van der Waals surface area contributed by atoms with Crippen molar-refractivity contribution in [3.63, 3.8) is 0 Å². The standard InChI is InChI=1S/C31H40N2O2/c1-29(2,21-6-9-23(35-5)10-7-21)33-28(34)27-13-12-25-24-11-8-22-18-20(19-32)14-16-30(22,3)26(24)15-17-31(25,27)4/h6-10,18,24-27H,11-17H2,1-5H3,(H,33,34)/t24-,25-,26-,27+,30-,31-/m0/s1. The average Bonchev–Trinajstić information content (AvgIpc) is 3.20. The van der Waals surface area contributed by atoms with Crippen molar-refractivity contribution < 1.29 is 9.53 Å². The van der Waals surface area contributed by atoms with Gasteiger partial charge in [0.15, 0.2) is 0 Å². The predicted molar refractivity (Wildman–Crippen MR) is 138 cm³/mol. The third-order valence-electron chi connectivity index (χ3n) is 10.5. The lowest BCUT2D eigenvalue weighted by molar-refractivity contribution is -0.133. The Hall–Kier alpha value is -2.54. The molecule has 1 amide bonds. The van der Waals surface area contributed by atoms with Crippen LogP contribution in [0.4, 0.5) is 0 Å². The van der Waals surface area contributed by atoms with Crippen molar-refractivity contribution in [3.05, 3.63) is 53.1 Å². The summed E-state index contributed by atoms with van der Waals surface area (Å²) < 4.78 is 5.30. The second kappa shape index (κ2) is 8.54. The predicted octanol–water partition coefficient (Wildman–Crippen LogP) is 6.69. The van der Waals surface area contributed by atoms with Crippen LogP contribution in [0.3, 0.4) is 0 Å². The smallest absolute Gasteiger partial charge is 0.224 e. The maximum absolute atomic E-state index is 13.8. The summed E-state index contributed by atoms with van der Waals surface area (Å²) in [6.45, 7) is 9.04. The van der Waals surface area contributed by atoms with Crippen LogP contribution in [0.15, 0.2) is 47.6 Å². The average molecular weight is 473 g/mol. The second-order valence-corrected chi connectivity index (χ2v) is 12.5. The molecule has 0 unspecified atom stereocenters. The van der Waals surface area contributed by atoms with E-state index in [0.717, 1.165) is 55.4 Å². The molecule has 6 atom stereocenters. The number of nitrogens with one attached hydrogen (secondary N) is 1. The SMILES string of the molecule is COc1ccc(C(C)(C)NC(=O)[C@H]2CC[C@H]3[C@@H]4CC=C5C=C(C#N)CC[C@]5(C)[C@H]4CC[C@]23C)cc1. The minimum absolute atomic E-state index is 0.0608. The number of nitriles is 1. The van der Waals surface area contributed by atoms with Crippen LogP contribution in [0.1, 0.15) is 78.2 Å². The fourth-order valence-electron chi connectivity index (χ4n) is 8.32. The normalized spacial score (nSPS) is 36.0. The quantitative estimate of drug-likeness (QED) is 0.531. The van der Waals surface area contributed by atoms with Crippen molar-refractivity contribution in [2.24, 2.45) is 34.5 Å². The Bertz CT molecular complexity index is 1110. The summed E-state index contributed by atoms with van der Waals surface area (Å²) in [5, 5.41) is 12.8. The molecule has 4 aliphatic rings. The molecule has 4 aliphatic carbocycles. The molecule has 0 spiro atoms. The zero-order chi connectivity index (χ0) is 25.0. The van der Waals surface area contributed by atoms with Gasteiger partial charge >= 0.3 is 0 Å². The van der Waals surface area contributed by atoms with Gasteiger partial charge in [0.05, 0.1) is 18.7 Å². The number of carbonyl (C=O) groups excluding carboxylic acids is 1. The van der Waals surface area contributed by atoms with E-state index in [9.17, 15) is 10.1 Å². The first kappa shape index (κ1) is 24.2. The number of benzene rings is 1. The minimum atomic E-state index is -0.433. The van der Waals surface area contributed by atoms with Crippen molar-refractivity contribution in [3.8, 4) is 11.8 Å². The monoisotopic (exact) mass is 472 g/mol. The van der Waals surface area contributed by atoms with Gasteiger partial charge in [0.1, 0.15) is 5.75 Å². The van der Waals surface area contributed by atoms with Gasteiger partial charge in [-0.1, -0.05) is 32.1 Å². The van der Waals surface area contributed by atoms with Crippen LogP contribution in [0.5, 0.6) is 5.75 Å². The van der Waals surface area contributed by atoms with Crippen LogP contribution in [-0.4, -0.2) is 13.0 Å². The molecule has 35 heavy (non-hydrogen) atoms. The van der Waals surface area contributed by atoms with E-state index < -0.39 is 5.54 Å². The minimum Gasteiger partial charge on any atom is -0.497 e. The molecule has 0 radical (unpaired) electrons. The Morgan fingerprint density at radius 3 is 2.54 bits per heavy atom. The Morgan fingerprint density at radius 1 is 1.11 bits per heavy atom. The van der Waals surface area contributed by atoms with E-state index in [0.29, 0.717) is 17.8 Å². The fourth-order valence-corrected chi connectivity index (χ4v) is 8.32. The molecule has 2 saturated carbocycles. The van der Waals surface area contributed by atoms with E-state index in [1.807, 2.05) is 24.3 Å². The van der Waals surface area contributed by atoms with E-state index >= 15 is 0 Å². The van der Waals surface area contributed by atoms with Crippen molar-refractivity contribution in [1.82, 2.24) is 5.32 Å². The van der Waals surface area contributed by atoms with E-state index in [-0.39, 0.29) is 22.7 Å². The number of allylic oxidation sites excluding steroid dienone is 4. The Balaban J connectivity index is 1.35. The first-order valence-electron chi connectivity index (χ1n) is 13.4. The van der Waals surface area contributed by atoms with Gasteiger partial charge in [-0.25, -0.2) is 0 Å². The largest absolute Gasteiger partial charge is 0.497 e. The molecule has 1 aromatic carbocycles. The molecule has 4 heteroatoms. The summed E-state index contributed by atoms with van der Waals surface area (Å²) in [6.07, 6.45) is 12.1. The third-order valence-corrected chi connectivity index (χ3v) is 10.5. The molecule has 0 heterocycles. The molecular weight excluding hydrogens is 432 g/mol. The Labute approximate surface area is 210 Å². The molecule has 0 bridgehead atoms. The molecule has 1 N–H and O–H groups in total. The number of ether oxygens (including phenoxy) is 1. The first-order valence-corrected chi connectivity index (χ1v) is 13.4. The topological polar surface area (TPSA) is 62.1 Å². The van der Waals surface area contributed by atoms with Crippen LogP contribution in [0.2, 0.25) is 0 Å². The number of rotatable bonds is 4. The van der Waals surface area contributed by atoms with E-state index in [2.05, 4.69) is 51.2 Å². The summed E-state index contributed by atoms with van der Waals surface area (Å²) in [4.78, 5) is 13.8. The van der Waals surface area contributed by atoms with Gasteiger partial charge in [-0.05, 0) is 117 Å². The summed E-state index contributed by atoms with van der Waals surface area (Å²) in [5.74, 6) is 3.01. The lowest BCUT2D eigenvalue weighted by Crippen LogP contribution is -2.52. The molecule has 1 aromatic rings. The highest BCUT2D eigenvalue weighted by Crippen LogP contribution is 2.66. The van der Waals surface area contributed by atoms with Gasteiger partial charge in [-0.2, -0.15) is 5.26 Å². The van der Waals surface area contributed by atoms with Crippen LogP contribution >= 0.6 is 0 Å². The Kier molecular flexibility index (Phi) is 5.90. The molecule has 0 aliphatic heterocycles. The summed E-state index contributed by atoms with van der Waals surface area (Å²) in [5.41, 5.74) is 3.24. The zero-order valence-corrected chi connectivity index (χ0v) is 22.0. The van der Waals surface area contributed by atoms with Gasteiger partial charge in [0.2, 0.25) is 5.91 Å². The third kappa shape index (κ3) is 3.83. The highest BCUT2D eigenvalue weighted by Gasteiger charge is 2.59. The van der Waals surface area contributed by atoms with E-state index in [4.69, 9.17) is 4.74 Å². The maximum atomic E-state index is 13.8. The molecule has 4 nitrogen and oxygen atoms in total. The number of methoxy groups -OCH3 is 1. The van der Waals surface area contributed by atoms with Crippen LogP contribution in [0, 0.1) is 45.8 Å². The number of hydrogen-bond acceptors (Lipinski definition) is 3. The highest BCUT2D eigenvalue weighted by molar-refractivity contribution is 5.81. The van der Waals surface area contributed by atoms with Crippen molar-refractivity contribution in [2.75, 3.05) is 7.11 Å². The van der Waals surface area contributed by atoms with Crippen LogP contribution < -0.4 is 10.1 Å². The van der Waals surface area contributed by atoms with E-state index in [1.54, 1.807) is 7.11 Å². The number of hydrogen-bond donors (Lipinski definition) is 1. The first-order chi connectivity index (χ1) is 16.6. The number of nitrogens with zero attached hydrogens (tertiary/aromatic N) is 1. The lowest BCUT2D eigenvalue weighted by atomic mass is 9.48. The van der Waals surface area contributed by atoms with Gasteiger partial charge in [-0.15, -0.1) is 0 Å². The van der Waals surface area contributed by atoms with Gasteiger partial charge in [0.25, 0.3) is 0 Å². The van der Waals surface area contributed by atoms with Gasteiger partial charge in [0, 0.05) is 11.5 Å². The number of amides is 1. The second-order valence-electron chi connectivity index (χ2n) is 12.5. The highest BCUT2D eigenvalue weighted by atomic mass is 16.5. The zero-order valence-electron chi connectivity index (χ0n) is 22.0. The van der Waals surface area contributed by atoms with Crippen molar-refractivity contribution >= 4 is 5.91 Å². The lowest BCUT2D eigenvalue weighted by Gasteiger charge is -2.57. The molecule has 186 valence electrons. The fraction of sp³-hybridized carbons (Fsp3) is 0.613. The van der Waals surface area contributed by atoms with Gasteiger partial charge in [-0.3, -0.25) is 4.79 Å². The van der Waals surface area contributed by atoms with Crippen molar-refractivity contribution in [2.45, 2.75) is 78.2 Å². The van der Waals surface area contributed by atoms with Crippen molar-refractivity contribution in [1.29, 1.82) is 5.26 Å². The summed E-state index contributed by atoms with van der Waals surface area (Å²) in [6, 6.07) is 10.4. The van der Waals surface area contributed by atoms with Gasteiger partial charge < -0.3 is 10.1 Å². The summed E-state index contributed by atoms with van der Waals surface area (Å²) >= 11 is 0. The number of carbonyl (C=O) groups is 1.